The van der Waals surface area contributed by atoms with E-state index in [0.717, 1.165) is 63.5 Å². The van der Waals surface area contributed by atoms with E-state index in [2.05, 4.69) is 38.9 Å². The van der Waals surface area contributed by atoms with E-state index < -0.39 is 0 Å². The highest BCUT2D eigenvalue weighted by Crippen LogP contribution is 2.19. The number of aliphatic hydroxyl groups excluding tert-OH is 1. The summed E-state index contributed by atoms with van der Waals surface area (Å²) < 4.78 is 0. The summed E-state index contributed by atoms with van der Waals surface area (Å²) in [7, 11) is 0. The molecule has 2 N–H and O–H groups in total. The van der Waals surface area contributed by atoms with E-state index in [0.29, 0.717) is 5.95 Å². The number of anilines is 2. The number of β-amino-alcohol motifs (C(OH)–C–C–N with tert-alkyl or cyclic N) is 1. The molecule has 6 heteroatoms. The van der Waals surface area contributed by atoms with Gasteiger partial charge >= 0.3 is 0 Å². The molecule has 1 aromatic rings. The Bertz CT molecular complexity index is 440. The van der Waals surface area contributed by atoms with Crippen LogP contribution in [0.25, 0.3) is 0 Å². The Kier molecular flexibility index (Phi) is 6.20. The number of nitrogens with one attached hydrogen (secondary N) is 1. The minimum atomic E-state index is 0.234. The fourth-order valence-electron chi connectivity index (χ4n) is 2.62. The van der Waals surface area contributed by atoms with Gasteiger partial charge < -0.3 is 15.3 Å². The molecule has 0 aliphatic carbocycles. The van der Waals surface area contributed by atoms with Crippen LogP contribution in [0.15, 0.2) is 6.20 Å². The smallest absolute Gasteiger partial charge is 0.224 e. The lowest BCUT2D eigenvalue weighted by molar-refractivity contribution is 0.204. The van der Waals surface area contributed by atoms with Crippen LogP contribution in [0.3, 0.4) is 0 Å². The lowest BCUT2D eigenvalue weighted by Gasteiger charge is -2.24. The Morgan fingerprint density at radius 3 is 2.90 bits per heavy atom. The first-order valence-corrected chi connectivity index (χ1v) is 7.90. The van der Waals surface area contributed by atoms with Crippen molar-refractivity contribution in [2.75, 3.05) is 56.1 Å². The first-order valence-electron chi connectivity index (χ1n) is 7.90. The second-order valence-electron chi connectivity index (χ2n) is 5.53. The summed E-state index contributed by atoms with van der Waals surface area (Å²) >= 11 is 0. The molecule has 1 aliphatic heterocycles. The van der Waals surface area contributed by atoms with Crippen molar-refractivity contribution in [3.63, 3.8) is 0 Å². The van der Waals surface area contributed by atoms with E-state index in [1.807, 2.05) is 6.20 Å². The van der Waals surface area contributed by atoms with Crippen molar-refractivity contribution in [1.82, 2.24) is 14.9 Å². The maximum atomic E-state index is 9.07. The van der Waals surface area contributed by atoms with Gasteiger partial charge in [-0.05, 0) is 26.3 Å². The summed E-state index contributed by atoms with van der Waals surface area (Å²) in [5.74, 6) is 1.75. The van der Waals surface area contributed by atoms with Crippen molar-refractivity contribution in [2.24, 2.45) is 0 Å². The van der Waals surface area contributed by atoms with Gasteiger partial charge in [-0.3, -0.25) is 4.90 Å². The van der Waals surface area contributed by atoms with Gasteiger partial charge in [0.1, 0.15) is 5.82 Å². The van der Waals surface area contributed by atoms with Crippen LogP contribution in [0.5, 0.6) is 0 Å². The monoisotopic (exact) mass is 293 g/mol. The molecule has 2 heterocycles. The Morgan fingerprint density at radius 2 is 2.14 bits per heavy atom. The maximum absolute atomic E-state index is 9.07. The molecule has 0 unspecified atom stereocenters. The molecule has 0 spiro atoms. The molecule has 1 aliphatic rings. The molecule has 0 saturated carbocycles. The average molecular weight is 293 g/mol. The molecule has 2 rings (SSSR count). The number of aromatic nitrogens is 2. The Balaban J connectivity index is 2.05. The third-order valence-corrected chi connectivity index (χ3v) is 3.78. The van der Waals surface area contributed by atoms with Crippen LogP contribution in [-0.4, -0.2) is 65.8 Å². The third-order valence-electron chi connectivity index (χ3n) is 3.78. The second-order valence-corrected chi connectivity index (χ2v) is 5.53. The number of nitrogens with zero attached hydrogens (tertiary/aromatic N) is 4. The van der Waals surface area contributed by atoms with E-state index >= 15 is 0 Å². The minimum Gasteiger partial charge on any atom is -0.395 e. The molecule has 0 atom stereocenters. The Labute approximate surface area is 127 Å². The lowest BCUT2D eigenvalue weighted by Crippen LogP contribution is -2.33. The summed E-state index contributed by atoms with van der Waals surface area (Å²) in [5.41, 5.74) is 1.12. The molecule has 0 radical (unpaired) electrons. The molecule has 0 amide bonds. The molecule has 1 saturated heterocycles. The summed E-state index contributed by atoms with van der Waals surface area (Å²) in [4.78, 5) is 13.7. The fourth-order valence-corrected chi connectivity index (χ4v) is 2.62. The first kappa shape index (κ1) is 16.0. The van der Waals surface area contributed by atoms with Gasteiger partial charge in [0, 0.05) is 44.5 Å². The highest BCUT2D eigenvalue weighted by Gasteiger charge is 2.17. The van der Waals surface area contributed by atoms with E-state index in [4.69, 9.17) is 5.11 Å². The zero-order valence-electron chi connectivity index (χ0n) is 13.2. The predicted octanol–water partition coefficient (Wildman–Crippen LogP) is 1.11. The van der Waals surface area contributed by atoms with Gasteiger partial charge in [-0.1, -0.05) is 6.92 Å². The quantitative estimate of drug-likeness (QED) is 0.819. The molecular weight excluding hydrogens is 266 g/mol. The molecule has 0 bridgehead atoms. The number of rotatable bonds is 6. The van der Waals surface area contributed by atoms with Gasteiger partial charge in [0.25, 0.3) is 0 Å². The Hall–Kier alpha value is -1.40. The van der Waals surface area contributed by atoms with Gasteiger partial charge in [-0.2, -0.15) is 4.98 Å². The molecular formula is C15H27N5O. The van der Waals surface area contributed by atoms with Crippen LogP contribution in [0.1, 0.15) is 25.3 Å². The zero-order valence-corrected chi connectivity index (χ0v) is 13.2. The molecule has 6 nitrogen and oxygen atoms in total. The van der Waals surface area contributed by atoms with Crippen molar-refractivity contribution in [1.29, 1.82) is 0 Å². The van der Waals surface area contributed by atoms with Crippen LogP contribution in [0.4, 0.5) is 11.8 Å². The summed E-state index contributed by atoms with van der Waals surface area (Å²) in [5, 5.41) is 12.3. The lowest BCUT2D eigenvalue weighted by atomic mass is 10.3. The van der Waals surface area contributed by atoms with Crippen LogP contribution >= 0.6 is 0 Å². The van der Waals surface area contributed by atoms with Gasteiger partial charge in [-0.25, -0.2) is 4.98 Å². The Morgan fingerprint density at radius 1 is 1.29 bits per heavy atom. The van der Waals surface area contributed by atoms with Crippen molar-refractivity contribution < 1.29 is 5.11 Å². The summed E-state index contributed by atoms with van der Waals surface area (Å²) in [6.07, 6.45) is 4.06. The molecule has 0 aromatic carbocycles. The van der Waals surface area contributed by atoms with Gasteiger partial charge in [0.15, 0.2) is 0 Å². The van der Waals surface area contributed by atoms with Crippen molar-refractivity contribution in [3.8, 4) is 0 Å². The van der Waals surface area contributed by atoms with Crippen molar-refractivity contribution >= 4 is 11.8 Å². The maximum Gasteiger partial charge on any atom is 0.224 e. The van der Waals surface area contributed by atoms with Crippen LogP contribution in [-0.2, 0) is 0 Å². The van der Waals surface area contributed by atoms with Gasteiger partial charge in [0.05, 0.1) is 6.61 Å². The van der Waals surface area contributed by atoms with Crippen LogP contribution < -0.4 is 10.2 Å². The topological polar surface area (TPSA) is 64.5 Å². The van der Waals surface area contributed by atoms with Crippen molar-refractivity contribution in [2.45, 2.75) is 26.7 Å². The average Bonchev–Trinajstić information content (AvgIpc) is 2.72. The third kappa shape index (κ3) is 4.54. The van der Waals surface area contributed by atoms with E-state index in [1.54, 1.807) is 0 Å². The van der Waals surface area contributed by atoms with Gasteiger partial charge in [-0.15, -0.1) is 0 Å². The van der Waals surface area contributed by atoms with E-state index in [-0.39, 0.29) is 6.61 Å². The SMILES string of the molecule is CCCNc1ncc(C)c(N2CCCN(CCO)CC2)n1. The standard InChI is InChI=1S/C15H27N5O/c1-3-5-16-15-17-12-13(2)14(18-15)20-7-4-6-19(8-9-20)10-11-21/h12,21H,3-11H2,1-2H3,(H,16,17,18). The fraction of sp³-hybridized carbons (Fsp3) is 0.733. The first-order chi connectivity index (χ1) is 10.2. The number of aliphatic hydroxyl groups is 1. The highest BCUT2D eigenvalue weighted by molar-refractivity contribution is 5.49. The number of aryl methyl sites for hydroxylation is 1. The molecule has 1 aromatic heterocycles. The summed E-state index contributed by atoms with van der Waals surface area (Å²) in [6, 6.07) is 0. The largest absolute Gasteiger partial charge is 0.395 e. The molecule has 21 heavy (non-hydrogen) atoms. The number of hydrogen-bond acceptors (Lipinski definition) is 6. The molecule has 1 fully saturated rings. The molecule has 118 valence electrons. The van der Waals surface area contributed by atoms with Crippen molar-refractivity contribution in [3.05, 3.63) is 11.8 Å². The minimum absolute atomic E-state index is 0.234. The van der Waals surface area contributed by atoms with E-state index in [9.17, 15) is 0 Å². The summed E-state index contributed by atoms with van der Waals surface area (Å²) in [6.45, 7) is 10.1. The van der Waals surface area contributed by atoms with E-state index in [1.165, 1.54) is 0 Å². The number of hydrogen-bond donors (Lipinski definition) is 2. The van der Waals surface area contributed by atoms with Gasteiger partial charge in [0.2, 0.25) is 5.95 Å². The zero-order chi connectivity index (χ0) is 15.1. The second kappa shape index (κ2) is 8.14. The predicted molar refractivity (Wildman–Crippen MR) is 85.9 cm³/mol. The van der Waals surface area contributed by atoms with Crippen LogP contribution in [0, 0.1) is 6.92 Å². The highest BCUT2D eigenvalue weighted by atomic mass is 16.3. The normalized spacial score (nSPS) is 16.8. The van der Waals surface area contributed by atoms with Crippen LogP contribution in [0.2, 0.25) is 0 Å².